The maximum absolute atomic E-state index is 3.88. The number of rotatable bonds is 4. The van der Waals surface area contributed by atoms with E-state index < -0.39 is 0 Å². The molecule has 0 aliphatic heterocycles. The Morgan fingerprint density at radius 3 is 2.55 bits per heavy atom. The minimum Gasteiger partial charge on any atom is -0.312 e. The molecule has 2 aliphatic rings. The van der Waals surface area contributed by atoms with Gasteiger partial charge < -0.3 is 10.2 Å². The fourth-order valence-electron chi connectivity index (χ4n) is 4.02. The second-order valence-corrected chi connectivity index (χ2v) is 6.92. The van der Waals surface area contributed by atoms with Crippen LogP contribution in [0.3, 0.4) is 0 Å². The van der Waals surface area contributed by atoms with Gasteiger partial charge in [0.2, 0.25) is 0 Å². The Morgan fingerprint density at radius 1 is 1.15 bits per heavy atom. The molecule has 3 rings (SSSR count). The first-order valence-corrected chi connectivity index (χ1v) is 8.17. The van der Waals surface area contributed by atoms with E-state index in [9.17, 15) is 0 Å². The van der Waals surface area contributed by atoms with Crippen LogP contribution in [-0.4, -0.2) is 37.1 Å². The standard InChI is InChI=1S/C18H28N2/c1-20(2)18(11-5-6-12-18)14-19-17-10-9-15-7-3-4-8-16(15)13-17/h3-4,7-8,17,19H,5-6,9-14H2,1-2H3. The summed E-state index contributed by atoms with van der Waals surface area (Å²) in [5.41, 5.74) is 3.53. The molecular weight excluding hydrogens is 244 g/mol. The highest BCUT2D eigenvalue weighted by Crippen LogP contribution is 2.33. The number of benzene rings is 1. The highest BCUT2D eigenvalue weighted by Gasteiger charge is 2.36. The number of fused-ring (bicyclic) bond motifs is 1. The van der Waals surface area contributed by atoms with Gasteiger partial charge >= 0.3 is 0 Å². The molecule has 2 nitrogen and oxygen atoms in total. The largest absolute Gasteiger partial charge is 0.312 e. The Labute approximate surface area is 123 Å². The van der Waals surface area contributed by atoms with Crippen molar-refractivity contribution in [1.29, 1.82) is 0 Å². The molecule has 2 aliphatic carbocycles. The van der Waals surface area contributed by atoms with Crippen molar-refractivity contribution in [3.8, 4) is 0 Å². The van der Waals surface area contributed by atoms with Crippen LogP contribution in [-0.2, 0) is 12.8 Å². The quantitative estimate of drug-likeness (QED) is 0.906. The predicted molar refractivity (Wildman–Crippen MR) is 85.1 cm³/mol. The highest BCUT2D eigenvalue weighted by atomic mass is 15.2. The van der Waals surface area contributed by atoms with Crippen LogP contribution in [0.4, 0.5) is 0 Å². The van der Waals surface area contributed by atoms with E-state index in [4.69, 9.17) is 0 Å². The molecule has 1 atom stereocenters. The van der Waals surface area contributed by atoms with Gasteiger partial charge in [0.15, 0.2) is 0 Å². The van der Waals surface area contributed by atoms with E-state index in [1.165, 1.54) is 44.9 Å². The lowest BCUT2D eigenvalue weighted by atomic mass is 9.87. The van der Waals surface area contributed by atoms with Crippen molar-refractivity contribution in [3.05, 3.63) is 35.4 Å². The molecular formula is C18H28N2. The number of likely N-dealkylation sites (N-methyl/N-ethyl adjacent to an activating group) is 1. The second-order valence-electron chi connectivity index (χ2n) is 6.92. The van der Waals surface area contributed by atoms with Gasteiger partial charge in [-0.1, -0.05) is 37.1 Å². The number of aryl methyl sites for hydroxylation is 1. The summed E-state index contributed by atoms with van der Waals surface area (Å²) in [6.07, 6.45) is 9.25. The zero-order valence-corrected chi connectivity index (χ0v) is 13.0. The van der Waals surface area contributed by atoms with Crippen LogP contribution in [0.15, 0.2) is 24.3 Å². The lowest BCUT2D eigenvalue weighted by Crippen LogP contribution is -2.52. The molecule has 0 spiro atoms. The topological polar surface area (TPSA) is 15.3 Å². The third kappa shape index (κ3) is 2.77. The molecule has 0 amide bonds. The molecule has 1 saturated carbocycles. The molecule has 0 heterocycles. The molecule has 1 N–H and O–H groups in total. The van der Waals surface area contributed by atoms with Gasteiger partial charge in [-0.05, 0) is 57.3 Å². The molecule has 1 aromatic rings. The molecule has 1 unspecified atom stereocenters. The maximum Gasteiger partial charge on any atom is 0.0327 e. The average Bonchev–Trinajstić information content (AvgIpc) is 2.95. The van der Waals surface area contributed by atoms with Crippen molar-refractivity contribution in [1.82, 2.24) is 10.2 Å². The summed E-state index contributed by atoms with van der Waals surface area (Å²) in [7, 11) is 4.51. The first-order chi connectivity index (χ1) is 9.70. The lowest BCUT2D eigenvalue weighted by Gasteiger charge is -2.38. The number of nitrogens with zero attached hydrogens (tertiary/aromatic N) is 1. The van der Waals surface area contributed by atoms with E-state index in [0.717, 1.165) is 6.54 Å². The Balaban J connectivity index is 1.60. The van der Waals surface area contributed by atoms with Crippen molar-refractivity contribution < 1.29 is 0 Å². The maximum atomic E-state index is 3.88. The van der Waals surface area contributed by atoms with Gasteiger partial charge in [-0.15, -0.1) is 0 Å². The van der Waals surface area contributed by atoms with Crippen molar-refractivity contribution in [2.75, 3.05) is 20.6 Å². The van der Waals surface area contributed by atoms with Gasteiger partial charge in [-0.3, -0.25) is 0 Å². The van der Waals surface area contributed by atoms with Crippen LogP contribution in [0.1, 0.15) is 43.2 Å². The fourth-order valence-corrected chi connectivity index (χ4v) is 4.02. The third-order valence-electron chi connectivity index (χ3n) is 5.55. The van der Waals surface area contributed by atoms with Crippen molar-refractivity contribution in [2.24, 2.45) is 0 Å². The molecule has 1 aromatic carbocycles. The molecule has 1 fully saturated rings. The Kier molecular flexibility index (Phi) is 4.13. The molecule has 0 bridgehead atoms. The zero-order valence-electron chi connectivity index (χ0n) is 13.0. The van der Waals surface area contributed by atoms with E-state index in [-0.39, 0.29) is 0 Å². The van der Waals surface area contributed by atoms with Crippen LogP contribution in [0.5, 0.6) is 0 Å². The monoisotopic (exact) mass is 272 g/mol. The number of hydrogen-bond acceptors (Lipinski definition) is 2. The summed E-state index contributed by atoms with van der Waals surface area (Å²) in [5.74, 6) is 0. The molecule has 0 aromatic heterocycles. The average molecular weight is 272 g/mol. The smallest absolute Gasteiger partial charge is 0.0327 e. The minimum absolute atomic E-state index is 0.414. The fraction of sp³-hybridized carbons (Fsp3) is 0.667. The van der Waals surface area contributed by atoms with Gasteiger partial charge in [0, 0.05) is 18.1 Å². The van der Waals surface area contributed by atoms with Crippen molar-refractivity contribution >= 4 is 0 Å². The molecule has 2 heteroatoms. The normalized spacial score (nSPS) is 24.9. The minimum atomic E-state index is 0.414. The zero-order chi connectivity index (χ0) is 14.0. The third-order valence-corrected chi connectivity index (χ3v) is 5.55. The van der Waals surface area contributed by atoms with Gasteiger partial charge in [-0.25, -0.2) is 0 Å². The predicted octanol–water partition coefficient (Wildman–Crippen LogP) is 3.01. The number of hydrogen-bond donors (Lipinski definition) is 1. The van der Waals surface area contributed by atoms with Crippen molar-refractivity contribution in [3.63, 3.8) is 0 Å². The Hall–Kier alpha value is -0.860. The highest BCUT2D eigenvalue weighted by molar-refractivity contribution is 5.30. The van der Waals surface area contributed by atoms with Crippen LogP contribution in [0, 0.1) is 0 Å². The first-order valence-electron chi connectivity index (χ1n) is 8.17. The van der Waals surface area contributed by atoms with Crippen molar-refractivity contribution in [2.45, 2.75) is 56.5 Å². The van der Waals surface area contributed by atoms with E-state index in [1.54, 1.807) is 11.1 Å². The van der Waals surface area contributed by atoms with E-state index in [0.29, 0.717) is 11.6 Å². The summed E-state index contributed by atoms with van der Waals surface area (Å²) in [5, 5.41) is 3.88. The second kappa shape index (κ2) is 5.87. The van der Waals surface area contributed by atoms with Gasteiger partial charge in [-0.2, -0.15) is 0 Å². The van der Waals surface area contributed by atoms with Crippen LogP contribution < -0.4 is 5.32 Å². The van der Waals surface area contributed by atoms with E-state index in [1.807, 2.05) is 0 Å². The van der Waals surface area contributed by atoms with E-state index in [2.05, 4.69) is 48.6 Å². The summed E-state index contributed by atoms with van der Waals surface area (Å²) >= 11 is 0. The molecule has 0 saturated heterocycles. The van der Waals surface area contributed by atoms with Crippen LogP contribution >= 0.6 is 0 Å². The number of nitrogens with one attached hydrogen (secondary N) is 1. The van der Waals surface area contributed by atoms with Gasteiger partial charge in [0.1, 0.15) is 0 Å². The van der Waals surface area contributed by atoms with Crippen LogP contribution in [0.2, 0.25) is 0 Å². The summed E-state index contributed by atoms with van der Waals surface area (Å²) in [6, 6.07) is 9.62. The van der Waals surface area contributed by atoms with Crippen LogP contribution in [0.25, 0.3) is 0 Å². The Morgan fingerprint density at radius 2 is 1.85 bits per heavy atom. The first kappa shape index (κ1) is 14.1. The van der Waals surface area contributed by atoms with Gasteiger partial charge in [0.05, 0.1) is 0 Å². The summed E-state index contributed by atoms with van der Waals surface area (Å²) < 4.78 is 0. The van der Waals surface area contributed by atoms with Gasteiger partial charge in [0.25, 0.3) is 0 Å². The molecule has 110 valence electrons. The molecule has 0 radical (unpaired) electrons. The summed E-state index contributed by atoms with van der Waals surface area (Å²) in [4.78, 5) is 2.46. The SMILES string of the molecule is CN(C)C1(CNC2CCc3ccccc3C2)CCCC1. The summed E-state index contributed by atoms with van der Waals surface area (Å²) in [6.45, 7) is 1.16. The van der Waals surface area contributed by atoms with E-state index >= 15 is 0 Å². The Bertz CT molecular complexity index is 446. The molecule has 20 heavy (non-hydrogen) atoms. The lowest BCUT2D eigenvalue weighted by molar-refractivity contribution is 0.147.